The first-order valence-corrected chi connectivity index (χ1v) is 22.7. The van der Waals surface area contributed by atoms with Crippen molar-refractivity contribution < 1.29 is 33.7 Å². The van der Waals surface area contributed by atoms with E-state index >= 15 is 0 Å². The smallest absolute Gasteiger partial charge is 0.311 e. The molecule has 3 N–H and O–H groups in total. The highest BCUT2D eigenvalue weighted by Crippen LogP contribution is 2.41. The molecule has 0 fully saturated rings. The molecular formula is C40H59Br4N3O7. The lowest BCUT2D eigenvalue weighted by Crippen LogP contribution is -2.49. The van der Waals surface area contributed by atoms with Gasteiger partial charge in [0.1, 0.15) is 17.8 Å². The minimum absolute atomic E-state index is 0.0630. The van der Waals surface area contributed by atoms with E-state index in [4.69, 9.17) is 19.0 Å². The Bertz CT molecular complexity index is 1420. The fraction of sp³-hybridized carbons (Fsp3) is 0.675. The van der Waals surface area contributed by atoms with Crippen LogP contribution >= 0.6 is 63.7 Å². The number of benzene rings is 1. The highest BCUT2D eigenvalue weighted by Gasteiger charge is 2.54. The highest BCUT2D eigenvalue weighted by atomic mass is 79.9. The normalized spacial score (nSPS) is 18.7. The molecule has 0 radical (unpaired) electrons. The predicted molar refractivity (Wildman–Crippen MR) is 229 cm³/mol. The van der Waals surface area contributed by atoms with Gasteiger partial charge < -0.3 is 34.8 Å². The third-order valence-electron chi connectivity index (χ3n) is 9.83. The molecule has 1 aromatic carbocycles. The molecular weight excluding hydrogens is 954 g/mol. The van der Waals surface area contributed by atoms with Crippen molar-refractivity contribution in [1.82, 2.24) is 10.6 Å². The minimum atomic E-state index is -1.60. The van der Waals surface area contributed by atoms with E-state index in [1.807, 2.05) is 12.1 Å². The first-order chi connectivity index (χ1) is 26.0. The van der Waals surface area contributed by atoms with Crippen molar-refractivity contribution in [2.24, 2.45) is 11.1 Å². The van der Waals surface area contributed by atoms with Crippen LogP contribution in [0.25, 0.3) is 0 Å². The number of ether oxygens (including phenoxy) is 3. The summed E-state index contributed by atoms with van der Waals surface area (Å²) in [5.41, 5.74) is 0.881. The SMILES string of the molecule is CC[C@H](C)CCCCCCCCCCCCCCC(=O)NCCc1cc(Br)c(OCCCNC(=O)C2=NO[C@@]3(CC(Br)=C(OC)C(Br)=CO3)[C@H]2O)c(Br)c1. The lowest BCUT2D eigenvalue weighted by Gasteiger charge is -2.27. The molecule has 0 bridgehead atoms. The van der Waals surface area contributed by atoms with Crippen molar-refractivity contribution in [2.45, 2.75) is 141 Å². The molecule has 3 atom stereocenters. The second-order valence-electron chi connectivity index (χ2n) is 14.2. The second kappa shape index (κ2) is 25.6. The third kappa shape index (κ3) is 15.7. The maximum atomic E-state index is 12.8. The number of carbonyl (C=O) groups excluding carboxylic acids is 2. The molecule has 2 aliphatic rings. The van der Waals surface area contributed by atoms with Crippen LogP contribution in [0.4, 0.5) is 0 Å². The van der Waals surface area contributed by atoms with Gasteiger partial charge in [-0.25, -0.2) is 0 Å². The number of halogens is 4. The van der Waals surface area contributed by atoms with E-state index < -0.39 is 17.8 Å². The van der Waals surface area contributed by atoms with Crippen LogP contribution in [-0.4, -0.2) is 61.3 Å². The maximum absolute atomic E-state index is 12.8. The van der Waals surface area contributed by atoms with E-state index in [2.05, 4.69) is 93.4 Å². The minimum Gasteiger partial charge on any atom is -0.495 e. The van der Waals surface area contributed by atoms with Gasteiger partial charge in [-0.15, -0.1) is 0 Å². The lowest BCUT2D eigenvalue weighted by molar-refractivity contribution is -0.225. The Labute approximate surface area is 355 Å². The summed E-state index contributed by atoms with van der Waals surface area (Å²) in [4.78, 5) is 30.6. The Hall–Kier alpha value is -1.61. The van der Waals surface area contributed by atoms with Crippen molar-refractivity contribution >= 4 is 81.2 Å². The van der Waals surface area contributed by atoms with Gasteiger partial charge in [0, 0.05) is 24.0 Å². The number of oxime groups is 1. The molecule has 2 heterocycles. The fourth-order valence-corrected chi connectivity index (χ4v) is 9.35. The summed E-state index contributed by atoms with van der Waals surface area (Å²) in [6.07, 6.45) is 20.0. The molecule has 3 rings (SSSR count). The van der Waals surface area contributed by atoms with Gasteiger partial charge in [-0.3, -0.25) is 9.59 Å². The van der Waals surface area contributed by atoms with Crippen LogP contribution in [0.3, 0.4) is 0 Å². The zero-order valence-corrected chi connectivity index (χ0v) is 38.4. The number of aliphatic hydroxyl groups excluding tert-OH is 1. The number of hydrogen-bond acceptors (Lipinski definition) is 8. The first kappa shape index (κ1) is 46.8. The molecule has 1 spiro atoms. The summed E-state index contributed by atoms with van der Waals surface area (Å²) in [6, 6.07) is 3.98. The maximum Gasteiger partial charge on any atom is 0.311 e. The Morgan fingerprint density at radius 1 is 0.926 bits per heavy atom. The van der Waals surface area contributed by atoms with Crippen molar-refractivity contribution in [2.75, 3.05) is 26.8 Å². The van der Waals surface area contributed by atoms with Gasteiger partial charge in [0.15, 0.2) is 11.8 Å². The summed E-state index contributed by atoms with van der Waals surface area (Å²) in [7, 11) is 1.51. The topological polar surface area (TPSA) is 128 Å². The average molecular weight is 1010 g/mol. The van der Waals surface area contributed by atoms with E-state index in [-0.39, 0.29) is 24.6 Å². The van der Waals surface area contributed by atoms with E-state index in [0.717, 1.165) is 33.3 Å². The monoisotopic (exact) mass is 1010 g/mol. The van der Waals surface area contributed by atoms with Gasteiger partial charge in [0.25, 0.3) is 5.91 Å². The van der Waals surface area contributed by atoms with Crippen LogP contribution in [0.15, 0.2) is 47.2 Å². The molecule has 14 heteroatoms. The summed E-state index contributed by atoms with van der Waals surface area (Å²) in [5, 5.41) is 20.6. The Morgan fingerprint density at radius 2 is 1.54 bits per heavy atom. The Morgan fingerprint density at radius 3 is 2.15 bits per heavy atom. The van der Waals surface area contributed by atoms with Gasteiger partial charge in [0.2, 0.25) is 5.91 Å². The molecule has 54 heavy (non-hydrogen) atoms. The zero-order valence-electron chi connectivity index (χ0n) is 32.1. The molecule has 2 aliphatic heterocycles. The van der Waals surface area contributed by atoms with E-state index in [9.17, 15) is 14.7 Å². The molecule has 1 aromatic rings. The second-order valence-corrected chi connectivity index (χ2v) is 17.7. The summed E-state index contributed by atoms with van der Waals surface area (Å²) >= 11 is 14.0. The van der Waals surface area contributed by atoms with Crippen molar-refractivity contribution in [1.29, 1.82) is 0 Å². The average Bonchev–Trinajstić information content (AvgIpc) is 3.39. The largest absolute Gasteiger partial charge is 0.495 e. The van der Waals surface area contributed by atoms with Gasteiger partial charge in [0.05, 0.1) is 33.6 Å². The van der Waals surface area contributed by atoms with Gasteiger partial charge >= 0.3 is 5.79 Å². The fourth-order valence-electron chi connectivity index (χ4n) is 6.31. The third-order valence-corrected chi connectivity index (χ3v) is 12.2. The molecule has 10 nitrogen and oxygen atoms in total. The van der Waals surface area contributed by atoms with Crippen LogP contribution in [0.2, 0.25) is 0 Å². The Kier molecular flexibility index (Phi) is 22.2. The van der Waals surface area contributed by atoms with Crippen LogP contribution in [0, 0.1) is 5.92 Å². The van der Waals surface area contributed by atoms with E-state index in [1.54, 1.807) is 0 Å². The molecule has 0 saturated heterocycles. The molecule has 2 amide bonds. The van der Waals surface area contributed by atoms with Crippen LogP contribution < -0.4 is 15.4 Å². The molecule has 0 aliphatic carbocycles. The number of allylic oxidation sites excluding steroid dienone is 1. The molecule has 0 unspecified atom stereocenters. The molecule has 0 saturated carbocycles. The number of hydrogen-bond donors (Lipinski definition) is 3. The quantitative estimate of drug-likeness (QED) is 0.0789. The predicted octanol–water partition coefficient (Wildman–Crippen LogP) is 10.6. The standard InChI is InChI=1S/C40H59Br4N3O7/c1-4-28(2)18-15-13-11-9-7-5-6-8-10-12-14-16-19-34(48)45-22-20-29-24-30(41)37(31(42)25-29)52-23-17-21-46-39(50)35-38(49)40(54-47-35)26-32(43)36(51-3)33(44)27-53-40/h24-25,27-28,38,49H,4-23,26H2,1-3H3,(H,45,48)(H,46,50)/t28-,38-,40-/m0/s1. The van der Waals surface area contributed by atoms with E-state index in [0.29, 0.717) is 52.9 Å². The number of nitrogens with one attached hydrogen (secondary N) is 2. The van der Waals surface area contributed by atoms with Gasteiger partial charge in [-0.05, 0) is 90.7 Å². The number of aliphatic hydroxyl groups is 1. The number of carbonyl (C=O) groups is 2. The summed E-state index contributed by atoms with van der Waals surface area (Å²) < 4.78 is 19.7. The number of rotatable bonds is 26. The van der Waals surface area contributed by atoms with E-state index in [1.165, 1.54) is 90.4 Å². The number of methoxy groups -OCH3 is 1. The van der Waals surface area contributed by atoms with Gasteiger partial charge in [-0.2, -0.15) is 0 Å². The van der Waals surface area contributed by atoms with Gasteiger partial charge in [-0.1, -0.05) is 118 Å². The Balaban J connectivity index is 1.22. The number of unbranched alkanes of at least 4 members (excludes halogenated alkanes) is 11. The first-order valence-electron chi connectivity index (χ1n) is 19.6. The summed E-state index contributed by atoms with van der Waals surface area (Å²) in [5.74, 6) is -0.0337. The number of amides is 2. The highest BCUT2D eigenvalue weighted by molar-refractivity contribution is 9.12. The molecule has 0 aromatic heterocycles. The number of nitrogens with zero attached hydrogens (tertiary/aromatic N) is 1. The van der Waals surface area contributed by atoms with Crippen LogP contribution in [0.1, 0.15) is 129 Å². The van der Waals surface area contributed by atoms with Crippen molar-refractivity contribution in [3.8, 4) is 5.75 Å². The summed E-state index contributed by atoms with van der Waals surface area (Å²) in [6.45, 7) is 5.85. The van der Waals surface area contributed by atoms with Crippen LogP contribution in [-0.2, 0) is 30.3 Å². The van der Waals surface area contributed by atoms with Crippen LogP contribution in [0.5, 0.6) is 5.75 Å². The van der Waals surface area contributed by atoms with Crippen molar-refractivity contribution in [3.05, 3.63) is 47.6 Å². The lowest BCUT2D eigenvalue weighted by atomic mass is 9.99. The zero-order chi connectivity index (χ0) is 39.3. The van der Waals surface area contributed by atoms with Crippen molar-refractivity contribution in [3.63, 3.8) is 0 Å². The molecule has 304 valence electrons.